The van der Waals surface area contributed by atoms with Gasteiger partial charge >= 0.3 is 0 Å². The highest BCUT2D eigenvalue weighted by molar-refractivity contribution is 9.10. The molecule has 0 spiro atoms. The minimum absolute atomic E-state index is 0. The zero-order valence-electron chi connectivity index (χ0n) is 12.6. The number of carbonyl (C=O) groups is 1. The van der Waals surface area contributed by atoms with Crippen LogP contribution in [0.25, 0.3) is 0 Å². The van der Waals surface area contributed by atoms with Crippen molar-refractivity contribution in [2.75, 3.05) is 12.3 Å². The predicted octanol–water partition coefficient (Wildman–Crippen LogP) is 2.28. The Balaban J connectivity index is 0.00000441. The first kappa shape index (κ1) is 21.4. The normalized spacial score (nSPS) is 11.6. The molecule has 22 heavy (non-hydrogen) atoms. The molecule has 126 valence electrons. The molecule has 0 aromatic heterocycles. The Kier molecular flexibility index (Phi) is 8.61. The minimum Gasteiger partial charge on any atom is -0.350 e. The van der Waals surface area contributed by atoms with Gasteiger partial charge in [-0.3, -0.25) is 4.79 Å². The maximum absolute atomic E-state index is 12.1. The van der Waals surface area contributed by atoms with Gasteiger partial charge in [-0.1, -0.05) is 15.9 Å². The highest BCUT2D eigenvalue weighted by Crippen LogP contribution is 2.17. The summed E-state index contributed by atoms with van der Waals surface area (Å²) in [6.07, 6.45) is 0.448. The molecule has 1 rings (SSSR count). The van der Waals surface area contributed by atoms with Crippen LogP contribution in [0.1, 0.15) is 26.7 Å². The monoisotopic (exact) mass is 412 g/mol. The number of hydrogen-bond donors (Lipinski definition) is 2. The Morgan fingerprint density at radius 2 is 1.82 bits per heavy atom. The molecule has 0 aliphatic heterocycles. The van der Waals surface area contributed by atoms with Gasteiger partial charge in [0, 0.05) is 23.0 Å². The number of halogens is 2. The fourth-order valence-electron chi connectivity index (χ4n) is 1.67. The van der Waals surface area contributed by atoms with Crippen LogP contribution in [0.3, 0.4) is 0 Å². The van der Waals surface area contributed by atoms with Crippen LogP contribution in [0.4, 0.5) is 0 Å². The molecule has 3 N–H and O–H groups in total. The van der Waals surface area contributed by atoms with Crippen LogP contribution >= 0.6 is 28.3 Å². The van der Waals surface area contributed by atoms with Crippen LogP contribution in [0.5, 0.6) is 0 Å². The fourth-order valence-corrected chi connectivity index (χ4v) is 3.25. The first-order valence-corrected chi connectivity index (χ1v) is 9.10. The van der Waals surface area contributed by atoms with Crippen molar-refractivity contribution in [3.8, 4) is 0 Å². The van der Waals surface area contributed by atoms with Crippen LogP contribution < -0.4 is 11.1 Å². The molecule has 0 aliphatic rings. The van der Waals surface area contributed by atoms with Gasteiger partial charge in [-0.2, -0.15) is 0 Å². The van der Waals surface area contributed by atoms with Crippen molar-refractivity contribution >= 4 is 44.1 Å². The average molecular weight is 414 g/mol. The van der Waals surface area contributed by atoms with Crippen molar-refractivity contribution < 1.29 is 13.2 Å². The maximum atomic E-state index is 12.1. The summed E-state index contributed by atoms with van der Waals surface area (Å²) in [5.41, 5.74) is 5.06. The number of nitrogens with two attached hydrogens (primary N) is 1. The summed E-state index contributed by atoms with van der Waals surface area (Å²) in [4.78, 5) is 12.0. The quantitative estimate of drug-likeness (QED) is 0.717. The molecule has 0 radical (unpaired) electrons. The molecule has 1 amide bonds. The summed E-state index contributed by atoms with van der Waals surface area (Å²) >= 11 is 3.26. The van der Waals surface area contributed by atoms with E-state index in [1.165, 1.54) is 0 Å². The van der Waals surface area contributed by atoms with Gasteiger partial charge in [-0.25, -0.2) is 8.42 Å². The van der Waals surface area contributed by atoms with Gasteiger partial charge < -0.3 is 11.1 Å². The zero-order valence-corrected chi connectivity index (χ0v) is 15.9. The number of carbonyl (C=O) groups excluding carboxylic acids is 1. The standard InChI is InChI=1S/C14H21BrN2O3S.ClH/c1-14(2,10-16)17-13(18)4-3-9-21(19,20)12-7-5-11(15)6-8-12;/h5-8H,3-4,9-10,16H2,1-2H3,(H,17,18);1H. The first-order chi connectivity index (χ1) is 9.66. The van der Waals surface area contributed by atoms with Gasteiger partial charge in [0.05, 0.1) is 10.6 Å². The molecular weight excluding hydrogens is 392 g/mol. The van der Waals surface area contributed by atoms with Gasteiger partial charge in [0.2, 0.25) is 5.91 Å². The topological polar surface area (TPSA) is 89.3 Å². The van der Waals surface area contributed by atoms with E-state index in [9.17, 15) is 13.2 Å². The largest absolute Gasteiger partial charge is 0.350 e. The van der Waals surface area contributed by atoms with Crippen molar-refractivity contribution in [1.82, 2.24) is 5.32 Å². The van der Waals surface area contributed by atoms with E-state index >= 15 is 0 Å². The van der Waals surface area contributed by atoms with E-state index in [1.807, 2.05) is 13.8 Å². The molecule has 5 nitrogen and oxygen atoms in total. The lowest BCUT2D eigenvalue weighted by molar-refractivity contribution is -0.122. The van der Waals surface area contributed by atoms with E-state index in [1.54, 1.807) is 24.3 Å². The summed E-state index contributed by atoms with van der Waals surface area (Å²) in [5.74, 6) is -0.234. The van der Waals surface area contributed by atoms with E-state index in [2.05, 4.69) is 21.2 Å². The molecule has 0 saturated carbocycles. The van der Waals surface area contributed by atoms with Gasteiger partial charge in [0.1, 0.15) is 0 Å². The summed E-state index contributed by atoms with van der Waals surface area (Å²) in [6, 6.07) is 6.47. The fraction of sp³-hybridized carbons (Fsp3) is 0.500. The van der Waals surface area contributed by atoms with Gasteiger partial charge in [-0.15, -0.1) is 12.4 Å². The third kappa shape index (κ3) is 7.09. The van der Waals surface area contributed by atoms with Crippen LogP contribution in [0.2, 0.25) is 0 Å². The van der Waals surface area contributed by atoms with Crippen molar-refractivity contribution in [1.29, 1.82) is 0 Å². The predicted molar refractivity (Wildman–Crippen MR) is 94.0 cm³/mol. The molecule has 0 aliphatic carbocycles. The summed E-state index contributed by atoms with van der Waals surface area (Å²) < 4.78 is 25.0. The SMILES string of the molecule is CC(C)(CN)NC(=O)CCCS(=O)(=O)c1ccc(Br)cc1.Cl. The molecule has 0 fully saturated rings. The average Bonchev–Trinajstić information content (AvgIpc) is 2.38. The van der Waals surface area contributed by atoms with Crippen molar-refractivity contribution in [3.05, 3.63) is 28.7 Å². The lowest BCUT2D eigenvalue weighted by Crippen LogP contribution is -2.48. The summed E-state index contributed by atoms with van der Waals surface area (Å²) in [5, 5.41) is 2.77. The summed E-state index contributed by atoms with van der Waals surface area (Å²) in [7, 11) is -3.35. The van der Waals surface area contributed by atoms with Crippen LogP contribution in [0.15, 0.2) is 33.6 Å². The van der Waals surface area contributed by atoms with Crippen molar-refractivity contribution in [3.63, 3.8) is 0 Å². The Morgan fingerprint density at radius 1 is 1.27 bits per heavy atom. The van der Waals surface area contributed by atoms with E-state index in [-0.39, 0.29) is 41.8 Å². The number of amides is 1. The molecule has 0 bridgehead atoms. The van der Waals surface area contributed by atoms with E-state index in [4.69, 9.17) is 5.73 Å². The second-order valence-electron chi connectivity index (χ2n) is 5.51. The van der Waals surface area contributed by atoms with Crippen LogP contribution in [0, 0.1) is 0 Å². The Bertz CT molecular complexity index is 589. The smallest absolute Gasteiger partial charge is 0.220 e. The number of rotatable bonds is 7. The third-order valence-electron chi connectivity index (χ3n) is 2.98. The third-order valence-corrected chi connectivity index (χ3v) is 5.32. The summed E-state index contributed by atoms with van der Waals surface area (Å²) in [6.45, 7) is 3.98. The Hall–Kier alpha value is -0.630. The van der Waals surface area contributed by atoms with Crippen LogP contribution in [-0.4, -0.2) is 32.2 Å². The second kappa shape index (κ2) is 8.86. The number of benzene rings is 1. The molecule has 0 atom stereocenters. The van der Waals surface area contributed by atoms with Crippen LogP contribution in [-0.2, 0) is 14.6 Å². The van der Waals surface area contributed by atoms with Gasteiger partial charge in [0.25, 0.3) is 0 Å². The lowest BCUT2D eigenvalue weighted by atomic mass is 10.1. The van der Waals surface area contributed by atoms with E-state index < -0.39 is 15.4 Å². The molecular formula is C14H22BrClN2O3S. The van der Waals surface area contributed by atoms with E-state index in [0.717, 1.165) is 4.47 Å². The number of hydrogen-bond acceptors (Lipinski definition) is 4. The lowest BCUT2D eigenvalue weighted by Gasteiger charge is -2.24. The molecule has 0 saturated heterocycles. The van der Waals surface area contributed by atoms with E-state index in [0.29, 0.717) is 6.54 Å². The van der Waals surface area contributed by atoms with Gasteiger partial charge in [0.15, 0.2) is 9.84 Å². The molecule has 8 heteroatoms. The molecule has 0 heterocycles. The molecule has 1 aromatic rings. The Morgan fingerprint density at radius 3 is 2.32 bits per heavy atom. The highest BCUT2D eigenvalue weighted by atomic mass is 79.9. The second-order valence-corrected chi connectivity index (χ2v) is 8.54. The number of sulfone groups is 1. The zero-order chi connectivity index (χ0) is 16.1. The minimum atomic E-state index is -3.35. The maximum Gasteiger partial charge on any atom is 0.220 e. The van der Waals surface area contributed by atoms with Crippen molar-refractivity contribution in [2.24, 2.45) is 5.73 Å². The van der Waals surface area contributed by atoms with Gasteiger partial charge in [-0.05, 0) is 44.5 Å². The van der Waals surface area contributed by atoms with Crippen molar-refractivity contribution in [2.45, 2.75) is 37.1 Å². The highest BCUT2D eigenvalue weighted by Gasteiger charge is 2.19. The Labute approximate surface area is 146 Å². The molecule has 0 unspecified atom stereocenters. The molecule has 1 aromatic carbocycles. The number of nitrogens with one attached hydrogen (secondary N) is 1. The first-order valence-electron chi connectivity index (χ1n) is 6.66.